The van der Waals surface area contributed by atoms with Gasteiger partial charge in [0.25, 0.3) is 0 Å². The van der Waals surface area contributed by atoms with E-state index in [0.717, 1.165) is 25.4 Å². The van der Waals surface area contributed by atoms with Gasteiger partial charge < -0.3 is 9.53 Å². The van der Waals surface area contributed by atoms with Gasteiger partial charge in [-0.2, -0.15) is 0 Å². The monoisotopic (exact) mass is 170 g/mol. The van der Waals surface area contributed by atoms with Gasteiger partial charge in [-0.15, -0.1) is 0 Å². The van der Waals surface area contributed by atoms with E-state index in [-0.39, 0.29) is 0 Å². The van der Waals surface area contributed by atoms with E-state index in [1.807, 2.05) is 0 Å². The van der Waals surface area contributed by atoms with Crippen molar-refractivity contribution in [3.63, 3.8) is 0 Å². The first-order valence-corrected chi connectivity index (χ1v) is 4.57. The van der Waals surface area contributed by atoms with Crippen LogP contribution in [-0.4, -0.2) is 19.5 Å². The molecule has 0 aromatic rings. The van der Waals surface area contributed by atoms with E-state index in [4.69, 9.17) is 4.74 Å². The zero-order valence-electron chi connectivity index (χ0n) is 8.22. The molecule has 12 heavy (non-hydrogen) atoms. The van der Waals surface area contributed by atoms with Gasteiger partial charge in [0, 0.05) is 13.5 Å². The number of methoxy groups -OCH3 is 1. The smallest absolute Gasteiger partial charge is 0.129 e. The number of carbonyl (C=O) groups excluding carboxylic acids is 1. The van der Waals surface area contributed by atoms with Crippen molar-refractivity contribution in [2.75, 3.05) is 13.7 Å². The van der Waals surface area contributed by atoms with Gasteiger partial charge in [0.2, 0.25) is 0 Å². The molecule has 0 spiro atoms. The van der Waals surface area contributed by atoms with Crippen LogP contribution in [0.5, 0.6) is 0 Å². The maximum absolute atomic E-state index is 10.7. The highest BCUT2D eigenvalue weighted by molar-refractivity contribution is 5.75. The Kier molecular flexibility index (Phi) is 2.89. The summed E-state index contributed by atoms with van der Waals surface area (Å²) in [7, 11) is 1.74. The average molecular weight is 170 g/mol. The number of ether oxygens (including phenoxy) is 1. The van der Waals surface area contributed by atoms with E-state index >= 15 is 0 Å². The first kappa shape index (κ1) is 9.72. The van der Waals surface area contributed by atoms with Crippen LogP contribution in [0, 0.1) is 11.3 Å². The number of hydrogen-bond donors (Lipinski definition) is 0. The van der Waals surface area contributed by atoms with E-state index in [0.29, 0.717) is 11.2 Å². The Balaban J connectivity index is 2.18. The summed E-state index contributed by atoms with van der Waals surface area (Å²) in [5.74, 6) is 1.03. The summed E-state index contributed by atoms with van der Waals surface area (Å²) in [4.78, 5) is 10.7. The minimum absolute atomic E-state index is 0.307. The quantitative estimate of drug-likeness (QED) is 0.631. The Hall–Kier alpha value is -0.370. The number of hydrogen-bond acceptors (Lipinski definition) is 2. The van der Waals surface area contributed by atoms with E-state index < -0.39 is 0 Å². The summed E-state index contributed by atoms with van der Waals surface area (Å²) in [6.07, 6.45) is 3.02. The molecule has 2 nitrogen and oxygen atoms in total. The number of carbonyl (C=O) groups is 1. The minimum Gasteiger partial charge on any atom is -0.384 e. The van der Waals surface area contributed by atoms with Crippen LogP contribution < -0.4 is 0 Å². The van der Waals surface area contributed by atoms with Crippen LogP contribution >= 0.6 is 0 Å². The molecular weight excluding hydrogens is 152 g/mol. The predicted octanol–water partition coefficient (Wildman–Crippen LogP) is 2.03. The Morgan fingerprint density at radius 3 is 2.83 bits per heavy atom. The standard InChI is InChI=1S/C10H18O2/c1-8(11)4-5-9-6-10(9,2)7-12-3/h9H,4-7H2,1-3H3. The molecule has 0 aromatic heterocycles. The van der Waals surface area contributed by atoms with Gasteiger partial charge in [0.1, 0.15) is 5.78 Å². The summed E-state index contributed by atoms with van der Waals surface area (Å²) in [5, 5.41) is 0. The van der Waals surface area contributed by atoms with Crippen molar-refractivity contribution in [2.45, 2.75) is 33.1 Å². The van der Waals surface area contributed by atoms with Crippen LogP contribution in [0.1, 0.15) is 33.1 Å². The second kappa shape index (κ2) is 3.56. The molecule has 1 aliphatic rings. The Morgan fingerprint density at radius 1 is 1.67 bits per heavy atom. The van der Waals surface area contributed by atoms with Crippen LogP contribution in [-0.2, 0) is 9.53 Å². The van der Waals surface area contributed by atoms with E-state index in [1.165, 1.54) is 6.42 Å². The molecule has 0 amide bonds. The van der Waals surface area contributed by atoms with Gasteiger partial charge in [-0.1, -0.05) is 6.92 Å². The minimum atomic E-state index is 0.307. The van der Waals surface area contributed by atoms with Gasteiger partial charge in [-0.25, -0.2) is 0 Å². The fourth-order valence-corrected chi connectivity index (χ4v) is 1.84. The van der Waals surface area contributed by atoms with Gasteiger partial charge >= 0.3 is 0 Å². The Morgan fingerprint density at radius 2 is 2.33 bits per heavy atom. The summed E-state index contributed by atoms with van der Waals surface area (Å²) in [5.41, 5.74) is 0.379. The first-order chi connectivity index (χ1) is 5.58. The summed E-state index contributed by atoms with van der Waals surface area (Å²) < 4.78 is 5.12. The molecule has 1 aliphatic carbocycles. The van der Waals surface area contributed by atoms with Crippen molar-refractivity contribution < 1.29 is 9.53 Å². The molecule has 2 atom stereocenters. The molecule has 0 aliphatic heterocycles. The van der Waals surface area contributed by atoms with Crippen molar-refractivity contribution in [2.24, 2.45) is 11.3 Å². The second-order valence-corrected chi connectivity index (χ2v) is 4.23. The highest BCUT2D eigenvalue weighted by Crippen LogP contribution is 2.54. The Bertz CT molecular complexity index is 177. The molecule has 0 heterocycles. The number of ketones is 1. The average Bonchev–Trinajstić information content (AvgIpc) is 2.58. The lowest BCUT2D eigenvalue weighted by Gasteiger charge is -2.08. The SMILES string of the molecule is COCC1(C)CC1CCC(C)=O. The van der Waals surface area contributed by atoms with E-state index in [1.54, 1.807) is 14.0 Å². The van der Waals surface area contributed by atoms with Crippen molar-refractivity contribution >= 4 is 5.78 Å². The van der Waals surface area contributed by atoms with Crippen LogP contribution in [0.25, 0.3) is 0 Å². The van der Waals surface area contributed by atoms with Crippen LogP contribution in [0.4, 0.5) is 0 Å². The number of Topliss-reactive ketones (excluding diaryl/α,β-unsaturated/α-hetero) is 1. The molecule has 2 heteroatoms. The zero-order valence-corrected chi connectivity index (χ0v) is 8.22. The third-order valence-corrected chi connectivity index (χ3v) is 2.86. The molecule has 70 valence electrons. The molecule has 0 saturated heterocycles. The molecule has 0 bridgehead atoms. The van der Waals surface area contributed by atoms with Crippen molar-refractivity contribution in [3.8, 4) is 0 Å². The highest BCUT2D eigenvalue weighted by Gasteiger charge is 2.49. The van der Waals surface area contributed by atoms with Crippen molar-refractivity contribution in [1.82, 2.24) is 0 Å². The lowest BCUT2D eigenvalue weighted by Crippen LogP contribution is -2.07. The van der Waals surface area contributed by atoms with Gasteiger partial charge in [0.15, 0.2) is 0 Å². The fraction of sp³-hybridized carbons (Fsp3) is 0.900. The van der Waals surface area contributed by atoms with Crippen LogP contribution in [0.2, 0.25) is 0 Å². The Labute approximate surface area is 74.3 Å². The van der Waals surface area contributed by atoms with Crippen molar-refractivity contribution in [3.05, 3.63) is 0 Å². The second-order valence-electron chi connectivity index (χ2n) is 4.23. The summed E-state index contributed by atoms with van der Waals surface area (Å²) in [6.45, 7) is 4.74. The van der Waals surface area contributed by atoms with E-state index in [2.05, 4.69) is 6.92 Å². The normalized spacial score (nSPS) is 33.4. The van der Waals surface area contributed by atoms with E-state index in [9.17, 15) is 4.79 Å². The molecular formula is C10H18O2. The summed E-state index contributed by atoms with van der Waals surface area (Å²) in [6, 6.07) is 0. The largest absolute Gasteiger partial charge is 0.384 e. The third-order valence-electron chi connectivity index (χ3n) is 2.86. The van der Waals surface area contributed by atoms with Gasteiger partial charge in [-0.3, -0.25) is 0 Å². The molecule has 1 fully saturated rings. The molecule has 1 rings (SSSR count). The van der Waals surface area contributed by atoms with Gasteiger partial charge in [0.05, 0.1) is 6.61 Å². The lowest BCUT2D eigenvalue weighted by atomic mass is 10.0. The van der Waals surface area contributed by atoms with Crippen LogP contribution in [0.3, 0.4) is 0 Å². The molecule has 0 aromatic carbocycles. The summed E-state index contributed by atoms with van der Waals surface area (Å²) >= 11 is 0. The highest BCUT2D eigenvalue weighted by atomic mass is 16.5. The molecule has 2 unspecified atom stereocenters. The zero-order chi connectivity index (χ0) is 9.19. The molecule has 0 radical (unpaired) electrons. The predicted molar refractivity (Wildman–Crippen MR) is 48.0 cm³/mol. The maximum atomic E-state index is 10.7. The maximum Gasteiger partial charge on any atom is 0.129 e. The third kappa shape index (κ3) is 2.31. The number of rotatable bonds is 5. The topological polar surface area (TPSA) is 26.3 Å². The van der Waals surface area contributed by atoms with Crippen LogP contribution in [0.15, 0.2) is 0 Å². The van der Waals surface area contributed by atoms with Gasteiger partial charge in [-0.05, 0) is 31.1 Å². The lowest BCUT2D eigenvalue weighted by molar-refractivity contribution is -0.117. The fourth-order valence-electron chi connectivity index (χ4n) is 1.84. The first-order valence-electron chi connectivity index (χ1n) is 4.57. The van der Waals surface area contributed by atoms with Crippen molar-refractivity contribution in [1.29, 1.82) is 0 Å². The molecule has 0 N–H and O–H groups in total. The molecule has 1 saturated carbocycles.